The van der Waals surface area contributed by atoms with E-state index in [1.54, 1.807) is 0 Å². The van der Waals surface area contributed by atoms with Crippen LogP contribution in [0.4, 0.5) is 5.69 Å². The Hall–Kier alpha value is -0.280. The number of benzene rings is 1. The molecule has 1 aromatic rings. The second kappa shape index (κ2) is 3.63. The molecule has 0 amide bonds. The van der Waals surface area contributed by atoms with Crippen LogP contribution in [-0.4, -0.2) is 7.05 Å². The van der Waals surface area contributed by atoms with E-state index in [0.29, 0.717) is 0 Å². The van der Waals surface area contributed by atoms with Gasteiger partial charge in [-0.05, 0) is 43.5 Å². The third-order valence-electron chi connectivity index (χ3n) is 3.05. The molecule has 3 heteroatoms. The molecule has 0 atom stereocenters. The molecule has 1 heterocycles. The van der Waals surface area contributed by atoms with Crippen LogP contribution in [0.15, 0.2) is 33.4 Å². The van der Waals surface area contributed by atoms with E-state index in [-0.39, 0.29) is 5.41 Å². The average Bonchev–Trinajstić information content (AvgIpc) is 2.36. The summed E-state index contributed by atoms with van der Waals surface area (Å²) in [5.74, 6) is 0. The molecule has 1 aliphatic heterocycles. The zero-order chi connectivity index (χ0) is 11.2. The zero-order valence-corrected chi connectivity index (χ0v) is 12.2. The van der Waals surface area contributed by atoms with Gasteiger partial charge in [-0.15, -0.1) is 0 Å². The molecule has 0 spiro atoms. The Bertz CT molecular complexity index is 431. The van der Waals surface area contributed by atoms with Gasteiger partial charge in [-0.1, -0.05) is 32.0 Å². The maximum atomic E-state index is 3.53. The monoisotopic (exact) mass is 329 g/mol. The summed E-state index contributed by atoms with van der Waals surface area (Å²) in [6.07, 6.45) is 0. The Kier molecular flexibility index (Phi) is 2.72. The normalized spacial score (nSPS) is 17.9. The van der Waals surface area contributed by atoms with Gasteiger partial charge in [0.1, 0.15) is 0 Å². The molecule has 0 N–H and O–H groups in total. The quantitative estimate of drug-likeness (QED) is 0.682. The smallest absolute Gasteiger partial charge is 0.0807 e. The summed E-state index contributed by atoms with van der Waals surface area (Å²) < 4.78 is 1.03. The number of hydrogen-bond donors (Lipinski definition) is 0. The van der Waals surface area contributed by atoms with Gasteiger partial charge < -0.3 is 4.90 Å². The Morgan fingerprint density at radius 2 is 1.80 bits per heavy atom. The SMILES string of the molecule is CN1C(=C(Br)Br)C(C)(C)c2ccccc21. The van der Waals surface area contributed by atoms with E-state index in [0.717, 1.165) is 3.39 Å². The molecule has 80 valence electrons. The molecule has 1 aromatic carbocycles. The molecule has 0 unspecified atom stereocenters. The number of anilines is 1. The minimum Gasteiger partial charge on any atom is -0.346 e. The molecule has 0 fully saturated rings. The van der Waals surface area contributed by atoms with E-state index >= 15 is 0 Å². The Balaban J connectivity index is 2.71. The van der Waals surface area contributed by atoms with Crippen LogP contribution in [0.5, 0.6) is 0 Å². The average molecular weight is 331 g/mol. The van der Waals surface area contributed by atoms with Gasteiger partial charge >= 0.3 is 0 Å². The lowest BCUT2D eigenvalue weighted by Gasteiger charge is -2.24. The number of halogens is 2. The van der Waals surface area contributed by atoms with Crippen LogP contribution in [0.2, 0.25) is 0 Å². The van der Waals surface area contributed by atoms with E-state index in [4.69, 9.17) is 0 Å². The second-order valence-corrected chi connectivity index (χ2v) is 6.96. The van der Waals surface area contributed by atoms with Gasteiger partial charge in [-0.2, -0.15) is 0 Å². The van der Waals surface area contributed by atoms with E-state index in [9.17, 15) is 0 Å². The van der Waals surface area contributed by atoms with Gasteiger partial charge in [0.05, 0.1) is 3.39 Å². The van der Waals surface area contributed by atoms with Crippen LogP contribution in [0.1, 0.15) is 19.4 Å². The van der Waals surface area contributed by atoms with Crippen LogP contribution < -0.4 is 4.90 Å². The summed E-state index contributed by atoms with van der Waals surface area (Å²) in [6.45, 7) is 4.49. The number of fused-ring (bicyclic) bond motifs is 1. The molecule has 0 radical (unpaired) electrons. The largest absolute Gasteiger partial charge is 0.346 e. The number of nitrogens with zero attached hydrogens (tertiary/aromatic N) is 1. The van der Waals surface area contributed by atoms with Crippen molar-refractivity contribution in [3.05, 3.63) is 38.9 Å². The summed E-state index contributed by atoms with van der Waals surface area (Å²) in [4.78, 5) is 2.23. The fourth-order valence-corrected chi connectivity index (χ4v) is 3.85. The summed E-state index contributed by atoms with van der Waals surface area (Å²) in [7, 11) is 2.10. The number of hydrogen-bond acceptors (Lipinski definition) is 1. The molecule has 0 bridgehead atoms. The Morgan fingerprint density at radius 1 is 1.20 bits per heavy atom. The lowest BCUT2D eigenvalue weighted by atomic mass is 9.84. The van der Waals surface area contributed by atoms with Crippen molar-refractivity contribution < 1.29 is 0 Å². The molecule has 1 nitrogen and oxygen atoms in total. The highest BCUT2D eigenvalue weighted by Gasteiger charge is 2.39. The van der Waals surface area contributed by atoms with E-state index in [2.05, 4.69) is 81.9 Å². The fourth-order valence-electron chi connectivity index (χ4n) is 2.32. The van der Waals surface area contributed by atoms with Crippen molar-refractivity contribution in [1.82, 2.24) is 0 Å². The molecule has 0 saturated heterocycles. The van der Waals surface area contributed by atoms with Gasteiger partial charge in [-0.25, -0.2) is 0 Å². The minimum absolute atomic E-state index is 0.0493. The van der Waals surface area contributed by atoms with Gasteiger partial charge in [-0.3, -0.25) is 0 Å². The predicted octanol–water partition coefficient (Wildman–Crippen LogP) is 4.37. The van der Waals surface area contributed by atoms with E-state index in [1.165, 1.54) is 16.9 Å². The first-order chi connectivity index (χ1) is 6.96. The highest BCUT2D eigenvalue weighted by molar-refractivity contribution is 9.28. The van der Waals surface area contributed by atoms with Crippen molar-refractivity contribution >= 4 is 37.5 Å². The Morgan fingerprint density at radius 3 is 2.33 bits per heavy atom. The zero-order valence-electron chi connectivity index (χ0n) is 9.01. The van der Waals surface area contributed by atoms with Crippen LogP contribution in [0.25, 0.3) is 0 Å². The van der Waals surface area contributed by atoms with Gasteiger partial charge in [0.2, 0.25) is 0 Å². The molecule has 0 saturated carbocycles. The molecule has 0 aliphatic carbocycles. The summed E-state index contributed by atoms with van der Waals surface area (Å²) in [5.41, 5.74) is 3.98. The van der Waals surface area contributed by atoms with Gasteiger partial charge in [0.15, 0.2) is 0 Å². The van der Waals surface area contributed by atoms with E-state index < -0.39 is 0 Å². The predicted molar refractivity (Wildman–Crippen MR) is 72.8 cm³/mol. The highest BCUT2D eigenvalue weighted by atomic mass is 79.9. The molecular weight excluding hydrogens is 318 g/mol. The molecular formula is C12H13Br2N. The summed E-state index contributed by atoms with van der Waals surface area (Å²) >= 11 is 7.06. The Labute approximate surface area is 107 Å². The number of likely N-dealkylation sites (N-methyl/N-ethyl adjacent to an activating group) is 1. The van der Waals surface area contributed by atoms with Crippen LogP contribution in [0.3, 0.4) is 0 Å². The first kappa shape index (κ1) is 11.2. The molecule has 2 rings (SSSR count). The van der Waals surface area contributed by atoms with Crippen molar-refractivity contribution in [1.29, 1.82) is 0 Å². The maximum absolute atomic E-state index is 3.53. The summed E-state index contributed by atoms with van der Waals surface area (Å²) in [6, 6.07) is 8.53. The van der Waals surface area contributed by atoms with Crippen molar-refractivity contribution in [2.45, 2.75) is 19.3 Å². The van der Waals surface area contributed by atoms with Gasteiger partial charge in [0.25, 0.3) is 0 Å². The third kappa shape index (κ3) is 1.56. The lowest BCUT2D eigenvalue weighted by Crippen LogP contribution is -2.23. The summed E-state index contributed by atoms with van der Waals surface area (Å²) in [5, 5.41) is 0. The third-order valence-corrected chi connectivity index (χ3v) is 3.80. The first-order valence-corrected chi connectivity index (χ1v) is 6.44. The lowest BCUT2D eigenvalue weighted by molar-refractivity contribution is 0.641. The van der Waals surface area contributed by atoms with Gasteiger partial charge in [0, 0.05) is 23.8 Å². The standard InChI is InChI=1S/C12H13Br2N/c1-12(2)8-6-4-5-7-9(8)15(3)10(12)11(13)14/h4-7H,1-3H3. The number of allylic oxidation sites excluding steroid dienone is 1. The minimum atomic E-state index is 0.0493. The first-order valence-electron chi connectivity index (χ1n) is 4.85. The topological polar surface area (TPSA) is 3.24 Å². The molecule has 15 heavy (non-hydrogen) atoms. The molecule has 0 aromatic heterocycles. The molecule has 1 aliphatic rings. The van der Waals surface area contributed by atoms with Crippen LogP contribution in [0, 0.1) is 0 Å². The highest BCUT2D eigenvalue weighted by Crippen LogP contribution is 2.49. The number of rotatable bonds is 0. The van der Waals surface area contributed by atoms with Crippen molar-refractivity contribution in [3.8, 4) is 0 Å². The fraction of sp³-hybridized carbons (Fsp3) is 0.333. The van der Waals surface area contributed by atoms with Crippen LogP contribution in [-0.2, 0) is 5.41 Å². The van der Waals surface area contributed by atoms with Crippen molar-refractivity contribution in [2.75, 3.05) is 11.9 Å². The van der Waals surface area contributed by atoms with Crippen molar-refractivity contribution in [3.63, 3.8) is 0 Å². The van der Waals surface area contributed by atoms with Crippen LogP contribution >= 0.6 is 31.9 Å². The maximum Gasteiger partial charge on any atom is 0.0807 e. The van der Waals surface area contributed by atoms with E-state index in [1.807, 2.05) is 0 Å². The van der Waals surface area contributed by atoms with Crippen molar-refractivity contribution in [2.24, 2.45) is 0 Å². The second-order valence-electron chi connectivity index (χ2n) is 4.31. The number of para-hydroxylation sites is 1.